The van der Waals surface area contributed by atoms with Crippen LogP contribution in [-0.2, 0) is 0 Å². The summed E-state index contributed by atoms with van der Waals surface area (Å²) in [4.78, 5) is 9.46. The van der Waals surface area contributed by atoms with E-state index in [4.69, 9.17) is 4.99 Å². The number of likely N-dealkylation sites (tertiary alicyclic amines) is 1. The van der Waals surface area contributed by atoms with Crippen LogP contribution in [0.15, 0.2) is 17.6 Å². The van der Waals surface area contributed by atoms with Crippen molar-refractivity contribution in [2.75, 3.05) is 46.8 Å². The predicted molar refractivity (Wildman–Crippen MR) is 92.9 cm³/mol. The topological polar surface area (TPSA) is 30.9 Å². The average molecular weight is 294 g/mol. The predicted octanol–water partition coefficient (Wildman–Crippen LogP) is 2.58. The van der Waals surface area contributed by atoms with Gasteiger partial charge < -0.3 is 15.1 Å². The van der Waals surface area contributed by atoms with Crippen molar-refractivity contribution in [3.05, 3.63) is 12.7 Å². The molecule has 4 nitrogen and oxygen atoms in total. The Morgan fingerprint density at radius 1 is 1.43 bits per heavy atom. The maximum atomic E-state index is 4.80. The zero-order chi connectivity index (χ0) is 15.5. The van der Waals surface area contributed by atoms with Crippen LogP contribution in [0.5, 0.6) is 0 Å². The summed E-state index contributed by atoms with van der Waals surface area (Å²) in [7, 11) is 4.34. The first-order valence-corrected chi connectivity index (χ1v) is 8.46. The molecule has 0 spiro atoms. The van der Waals surface area contributed by atoms with Gasteiger partial charge in [-0.1, -0.05) is 6.08 Å². The molecule has 1 fully saturated rings. The summed E-state index contributed by atoms with van der Waals surface area (Å²) in [6.45, 7) is 11.3. The molecule has 0 unspecified atom stereocenters. The first kappa shape index (κ1) is 18.0. The molecule has 0 radical (unpaired) electrons. The normalized spacial score (nSPS) is 17.8. The highest BCUT2D eigenvalue weighted by atomic mass is 15.3. The third-order valence-electron chi connectivity index (χ3n) is 4.24. The molecule has 0 aromatic heterocycles. The van der Waals surface area contributed by atoms with E-state index in [1.54, 1.807) is 0 Å². The van der Waals surface area contributed by atoms with E-state index in [0.717, 1.165) is 44.4 Å². The van der Waals surface area contributed by atoms with Gasteiger partial charge in [-0.3, -0.25) is 4.99 Å². The first-order chi connectivity index (χ1) is 10.2. The highest BCUT2D eigenvalue weighted by Gasteiger charge is 2.16. The fourth-order valence-corrected chi connectivity index (χ4v) is 2.75. The molecule has 1 aliphatic rings. The summed E-state index contributed by atoms with van der Waals surface area (Å²) in [5, 5.41) is 3.40. The van der Waals surface area contributed by atoms with E-state index in [9.17, 15) is 0 Å². The van der Waals surface area contributed by atoms with E-state index in [2.05, 4.69) is 42.7 Å². The van der Waals surface area contributed by atoms with Gasteiger partial charge in [0, 0.05) is 26.7 Å². The molecule has 0 aromatic carbocycles. The zero-order valence-corrected chi connectivity index (χ0v) is 14.3. The highest BCUT2D eigenvalue weighted by molar-refractivity contribution is 5.79. The fraction of sp³-hybridized carbons (Fsp3) is 0.824. The van der Waals surface area contributed by atoms with Gasteiger partial charge in [-0.25, -0.2) is 0 Å². The lowest BCUT2D eigenvalue weighted by molar-refractivity contribution is 0.214. The second-order valence-electron chi connectivity index (χ2n) is 6.12. The summed E-state index contributed by atoms with van der Waals surface area (Å²) in [6.07, 6.45) is 8.08. The van der Waals surface area contributed by atoms with Crippen LogP contribution in [0.1, 0.15) is 39.0 Å². The standard InChI is InChI=1S/C17H34N4/c1-5-7-8-13-21(4)17(18-6-2)19-12-9-16-10-14-20(3)15-11-16/h5,16H,1,6-15H2,2-4H3,(H,18,19). The second-order valence-corrected chi connectivity index (χ2v) is 6.12. The van der Waals surface area contributed by atoms with Crippen molar-refractivity contribution >= 4 is 5.96 Å². The Bertz CT molecular complexity index is 306. The molecule has 1 heterocycles. The van der Waals surface area contributed by atoms with Gasteiger partial charge in [-0.2, -0.15) is 0 Å². The molecule has 122 valence electrons. The van der Waals surface area contributed by atoms with Crippen LogP contribution < -0.4 is 5.32 Å². The van der Waals surface area contributed by atoms with Crippen LogP contribution >= 0.6 is 0 Å². The maximum Gasteiger partial charge on any atom is 0.193 e. The van der Waals surface area contributed by atoms with Crippen molar-refractivity contribution in [3.8, 4) is 0 Å². The van der Waals surface area contributed by atoms with E-state index >= 15 is 0 Å². The zero-order valence-electron chi connectivity index (χ0n) is 14.3. The monoisotopic (exact) mass is 294 g/mol. The number of rotatable bonds is 8. The SMILES string of the molecule is C=CCCCN(C)C(=NCCC1CCN(C)CC1)NCC. The number of unbranched alkanes of at least 4 members (excludes halogenated alkanes) is 1. The molecule has 0 aromatic rings. The summed E-state index contributed by atoms with van der Waals surface area (Å²) in [5.74, 6) is 1.91. The Morgan fingerprint density at radius 2 is 2.14 bits per heavy atom. The number of guanidine groups is 1. The van der Waals surface area contributed by atoms with Crippen molar-refractivity contribution in [2.24, 2.45) is 10.9 Å². The molecule has 0 amide bonds. The molecule has 1 N–H and O–H groups in total. The van der Waals surface area contributed by atoms with Crippen molar-refractivity contribution in [1.82, 2.24) is 15.1 Å². The Labute approximate surface area is 131 Å². The number of allylic oxidation sites excluding steroid dienone is 1. The van der Waals surface area contributed by atoms with E-state index in [-0.39, 0.29) is 0 Å². The summed E-state index contributed by atoms with van der Waals surface area (Å²) in [5.41, 5.74) is 0. The lowest BCUT2D eigenvalue weighted by Gasteiger charge is -2.28. The van der Waals surface area contributed by atoms with Gasteiger partial charge in [0.2, 0.25) is 0 Å². The first-order valence-electron chi connectivity index (χ1n) is 8.46. The molecule has 0 saturated carbocycles. The molecule has 1 saturated heterocycles. The summed E-state index contributed by atoms with van der Waals surface area (Å²) in [6, 6.07) is 0. The lowest BCUT2D eigenvalue weighted by Crippen LogP contribution is -2.39. The Morgan fingerprint density at radius 3 is 2.76 bits per heavy atom. The van der Waals surface area contributed by atoms with Crippen molar-refractivity contribution in [1.29, 1.82) is 0 Å². The number of nitrogens with one attached hydrogen (secondary N) is 1. The largest absolute Gasteiger partial charge is 0.357 e. The van der Waals surface area contributed by atoms with E-state index < -0.39 is 0 Å². The maximum absolute atomic E-state index is 4.80. The van der Waals surface area contributed by atoms with Crippen LogP contribution in [0, 0.1) is 5.92 Å². The number of hydrogen-bond donors (Lipinski definition) is 1. The minimum absolute atomic E-state index is 0.860. The van der Waals surface area contributed by atoms with Gasteiger partial charge in [0.1, 0.15) is 0 Å². The van der Waals surface area contributed by atoms with Gasteiger partial charge in [0.25, 0.3) is 0 Å². The molecule has 21 heavy (non-hydrogen) atoms. The van der Waals surface area contributed by atoms with Crippen molar-refractivity contribution in [3.63, 3.8) is 0 Å². The van der Waals surface area contributed by atoms with Crippen molar-refractivity contribution < 1.29 is 0 Å². The van der Waals surface area contributed by atoms with E-state index in [0.29, 0.717) is 0 Å². The highest BCUT2D eigenvalue weighted by Crippen LogP contribution is 2.19. The smallest absolute Gasteiger partial charge is 0.193 e. The summed E-state index contributed by atoms with van der Waals surface area (Å²) < 4.78 is 0. The molecule has 4 heteroatoms. The molecule has 1 aliphatic heterocycles. The third-order valence-corrected chi connectivity index (χ3v) is 4.24. The number of aliphatic imine (C=N–C) groups is 1. The van der Waals surface area contributed by atoms with Crippen LogP contribution in [-0.4, -0.2) is 62.6 Å². The number of hydrogen-bond acceptors (Lipinski definition) is 2. The second kappa shape index (κ2) is 10.7. The third kappa shape index (κ3) is 7.51. The van der Waals surface area contributed by atoms with Gasteiger partial charge in [-0.05, 0) is 65.1 Å². The lowest BCUT2D eigenvalue weighted by atomic mass is 9.94. The van der Waals surface area contributed by atoms with E-state index in [1.807, 2.05) is 6.08 Å². The molecular weight excluding hydrogens is 260 g/mol. The molecule has 0 atom stereocenters. The Kier molecular flexibility index (Phi) is 9.15. The summed E-state index contributed by atoms with van der Waals surface area (Å²) >= 11 is 0. The van der Waals surface area contributed by atoms with Gasteiger partial charge in [0.15, 0.2) is 5.96 Å². The Hall–Kier alpha value is -1.03. The minimum atomic E-state index is 0.860. The quantitative estimate of drug-likeness (QED) is 0.323. The number of nitrogens with zero attached hydrogens (tertiary/aromatic N) is 3. The molecule has 0 bridgehead atoms. The van der Waals surface area contributed by atoms with Crippen LogP contribution in [0.3, 0.4) is 0 Å². The molecular formula is C17H34N4. The Balaban J connectivity index is 2.34. The van der Waals surface area contributed by atoms with E-state index in [1.165, 1.54) is 32.4 Å². The minimum Gasteiger partial charge on any atom is -0.357 e. The fourth-order valence-electron chi connectivity index (χ4n) is 2.75. The molecule has 0 aliphatic carbocycles. The van der Waals surface area contributed by atoms with Crippen molar-refractivity contribution in [2.45, 2.75) is 39.0 Å². The van der Waals surface area contributed by atoms with Crippen LogP contribution in [0.4, 0.5) is 0 Å². The number of piperidine rings is 1. The van der Waals surface area contributed by atoms with Gasteiger partial charge in [0.05, 0.1) is 0 Å². The van der Waals surface area contributed by atoms with Crippen LogP contribution in [0.25, 0.3) is 0 Å². The van der Waals surface area contributed by atoms with Gasteiger partial charge >= 0.3 is 0 Å². The van der Waals surface area contributed by atoms with Crippen LogP contribution in [0.2, 0.25) is 0 Å². The average Bonchev–Trinajstić information content (AvgIpc) is 2.48. The van der Waals surface area contributed by atoms with Gasteiger partial charge in [-0.15, -0.1) is 6.58 Å². The molecule has 1 rings (SSSR count).